The quantitative estimate of drug-likeness (QED) is 0.657. The van der Waals surface area contributed by atoms with Crippen LogP contribution in [0.15, 0.2) is 36.5 Å². The van der Waals surface area contributed by atoms with Crippen molar-refractivity contribution in [3.05, 3.63) is 58.5 Å². The van der Waals surface area contributed by atoms with E-state index in [2.05, 4.69) is 10.4 Å². The molecule has 106 valence electrons. The minimum atomic E-state index is -0.335. The molecule has 20 heavy (non-hydrogen) atoms. The number of halogens is 2. The van der Waals surface area contributed by atoms with Crippen LogP contribution in [0.5, 0.6) is 5.88 Å². The number of hydrogen-bond acceptors (Lipinski definition) is 4. The molecule has 2 aromatic rings. The van der Waals surface area contributed by atoms with Crippen molar-refractivity contribution in [2.24, 2.45) is 5.84 Å². The van der Waals surface area contributed by atoms with Gasteiger partial charge in [-0.2, -0.15) is 0 Å². The summed E-state index contributed by atoms with van der Waals surface area (Å²) in [5.41, 5.74) is 4.14. The Bertz CT molecular complexity index is 594. The first-order valence-electron chi connectivity index (χ1n) is 6.04. The average molecular weight is 296 g/mol. The molecule has 1 aromatic heterocycles. The smallest absolute Gasteiger partial charge is 0.217 e. The third kappa shape index (κ3) is 3.25. The molecule has 0 spiro atoms. The summed E-state index contributed by atoms with van der Waals surface area (Å²) < 4.78 is 18.5. The summed E-state index contributed by atoms with van der Waals surface area (Å²) in [4.78, 5) is 4.12. The number of nitrogens with one attached hydrogen (secondary N) is 1. The van der Waals surface area contributed by atoms with Crippen LogP contribution >= 0.6 is 11.6 Å². The van der Waals surface area contributed by atoms with Gasteiger partial charge in [0.15, 0.2) is 0 Å². The van der Waals surface area contributed by atoms with Crippen molar-refractivity contribution in [3.63, 3.8) is 0 Å². The molecule has 4 nitrogen and oxygen atoms in total. The highest BCUT2D eigenvalue weighted by Crippen LogP contribution is 2.27. The van der Waals surface area contributed by atoms with Crippen LogP contribution in [-0.2, 0) is 6.42 Å². The maximum atomic E-state index is 13.3. The highest BCUT2D eigenvalue weighted by Gasteiger charge is 2.17. The highest BCUT2D eigenvalue weighted by atomic mass is 35.5. The molecule has 1 aromatic carbocycles. The molecule has 6 heteroatoms. The van der Waals surface area contributed by atoms with Crippen molar-refractivity contribution < 1.29 is 9.13 Å². The minimum Gasteiger partial charge on any atom is -0.481 e. The number of nitrogens with two attached hydrogens (primary N) is 1. The van der Waals surface area contributed by atoms with Crippen LogP contribution in [0.2, 0.25) is 5.02 Å². The van der Waals surface area contributed by atoms with Crippen LogP contribution in [0.25, 0.3) is 0 Å². The zero-order valence-electron chi connectivity index (χ0n) is 10.9. The summed E-state index contributed by atoms with van der Waals surface area (Å²) in [6.07, 6.45) is 2.06. The third-order valence-electron chi connectivity index (χ3n) is 3.00. The number of aromatic nitrogens is 1. The van der Waals surface area contributed by atoms with Gasteiger partial charge in [0.1, 0.15) is 5.82 Å². The van der Waals surface area contributed by atoms with Crippen LogP contribution < -0.4 is 16.0 Å². The van der Waals surface area contributed by atoms with Gasteiger partial charge in [0.05, 0.1) is 13.2 Å². The summed E-state index contributed by atoms with van der Waals surface area (Å²) in [5.74, 6) is 5.73. The molecule has 0 aliphatic rings. The van der Waals surface area contributed by atoms with Crippen LogP contribution in [-0.4, -0.2) is 12.1 Å². The number of rotatable bonds is 5. The molecular weight excluding hydrogens is 281 g/mol. The van der Waals surface area contributed by atoms with Gasteiger partial charge in [-0.1, -0.05) is 17.7 Å². The maximum Gasteiger partial charge on any atom is 0.217 e. The Kier molecular flexibility index (Phi) is 4.89. The van der Waals surface area contributed by atoms with E-state index in [4.69, 9.17) is 22.2 Å². The number of hydrogen-bond donors (Lipinski definition) is 2. The van der Waals surface area contributed by atoms with Crippen molar-refractivity contribution in [1.82, 2.24) is 10.4 Å². The Labute approximate surface area is 121 Å². The fraction of sp³-hybridized carbons (Fsp3) is 0.214. The number of nitrogens with zero attached hydrogens (tertiary/aromatic N) is 1. The third-order valence-corrected chi connectivity index (χ3v) is 3.37. The molecular formula is C14H15ClFN3O. The molecule has 0 fully saturated rings. The minimum absolute atomic E-state index is 0.280. The van der Waals surface area contributed by atoms with Crippen molar-refractivity contribution in [1.29, 1.82) is 0 Å². The molecule has 0 amide bonds. The topological polar surface area (TPSA) is 60.2 Å². The summed E-state index contributed by atoms with van der Waals surface area (Å²) in [7, 11) is 1.54. The Morgan fingerprint density at radius 2 is 2.25 bits per heavy atom. The Balaban J connectivity index is 2.31. The molecule has 1 unspecified atom stereocenters. The zero-order valence-corrected chi connectivity index (χ0v) is 11.7. The van der Waals surface area contributed by atoms with E-state index in [1.807, 2.05) is 6.07 Å². The van der Waals surface area contributed by atoms with E-state index in [9.17, 15) is 4.39 Å². The lowest BCUT2D eigenvalue weighted by Gasteiger charge is -2.18. The molecule has 0 saturated carbocycles. The summed E-state index contributed by atoms with van der Waals surface area (Å²) in [6, 6.07) is 7.61. The Morgan fingerprint density at radius 3 is 2.95 bits per heavy atom. The first-order chi connectivity index (χ1) is 9.65. The zero-order chi connectivity index (χ0) is 14.5. The molecule has 3 N–H and O–H groups in total. The number of hydrazine groups is 1. The van der Waals surface area contributed by atoms with Crippen LogP contribution in [0, 0.1) is 5.82 Å². The van der Waals surface area contributed by atoms with Crippen LogP contribution in [0.4, 0.5) is 4.39 Å². The predicted octanol–water partition coefficient (Wildman–Crippen LogP) is 2.63. The lowest BCUT2D eigenvalue weighted by atomic mass is 10.00. The SMILES string of the molecule is COc1ncccc1C(Cc1cc(F)ccc1Cl)NN. The van der Waals surface area contributed by atoms with Gasteiger partial charge < -0.3 is 4.74 Å². The second kappa shape index (κ2) is 6.65. The fourth-order valence-electron chi connectivity index (χ4n) is 2.02. The summed E-state index contributed by atoms with van der Waals surface area (Å²) in [5, 5.41) is 0.495. The normalized spacial score (nSPS) is 12.2. The first kappa shape index (κ1) is 14.7. The average Bonchev–Trinajstić information content (AvgIpc) is 2.48. The Morgan fingerprint density at radius 1 is 1.45 bits per heavy atom. The molecule has 2 rings (SSSR count). The largest absolute Gasteiger partial charge is 0.481 e. The van der Waals surface area contributed by atoms with Gasteiger partial charge in [0, 0.05) is 16.8 Å². The van der Waals surface area contributed by atoms with E-state index < -0.39 is 0 Å². The van der Waals surface area contributed by atoms with Crippen molar-refractivity contribution in [2.45, 2.75) is 12.5 Å². The predicted molar refractivity (Wildman–Crippen MR) is 76.0 cm³/mol. The van der Waals surface area contributed by atoms with Gasteiger partial charge >= 0.3 is 0 Å². The molecule has 0 aliphatic carbocycles. The monoisotopic (exact) mass is 295 g/mol. The van der Waals surface area contributed by atoms with Crippen molar-refractivity contribution in [2.75, 3.05) is 7.11 Å². The number of ether oxygens (including phenoxy) is 1. The number of pyridine rings is 1. The Hall–Kier alpha value is -1.69. The lowest BCUT2D eigenvalue weighted by molar-refractivity contribution is 0.382. The molecule has 0 aliphatic heterocycles. The molecule has 0 bridgehead atoms. The van der Waals surface area contributed by atoms with E-state index in [0.717, 1.165) is 5.56 Å². The van der Waals surface area contributed by atoms with Gasteiger partial charge in [-0.15, -0.1) is 0 Å². The lowest BCUT2D eigenvalue weighted by Crippen LogP contribution is -2.30. The van der Waals surface area contributed by atoms with E-state index in [0.29, 0.717) is 22.9 Å². The fourth-order valence-corrected chi connectivity index (χ4v) is 2.21. The second-order valence-electron chi connectivity index (χ2n) is 4.26. The van der Waals surface area contributed by atoms with E-state index >= 15 is 0 Å². The van der Waals surface area contributed by atoms with Gasteiger partial charge in [0.25, 0.3) is 0 Å². The highest BCUT2D eigenvalue weighted by molar-refractivity contribution is 6.31. The molecule has 1 heterocycles. The second-order valence-corrected chi connectivity index (χ2v) is 4.67. The van der Waals surface area contributed by atoms with E-state index in [1.165, 1.54) is 25.3 Å². The maximum absolute atomic E-state index is 13.3. The van der Waals surface area contributed by atoms with Gasteiger partial charge in [0.2, 0.25) is 5.88 Å². The molecule has 0 radical (unpaired) electrons. The molecule has 0 saturated heterocycles. The van der Waals surface area contributed by atoms with Crippen molar-refractivity contribution >= 4 is 11.6 Å². The van der Waals surface area contributed by atoms with E-state index in [-0.39, 0.29) is 11.9 Å². The summed E-state index contributed by atoms with van der Waals surface area (Å²) >= 11 is 6.08. The number of benzene rings is 1. The van der Waals surface area contributed by atoms with Gasteiger partial charge in [-0.25, -0.2) is 9.37 Å². The molecule has 1 atom stereocenters. The van der Waals surface area contributed by atoms with Crippen molar-refractivity contribution in [3.8, 4) is 5.88 Å². The van der Waals surface area contributed by atoms with Crippen LogP contribution in [0.3, 0.4) is 0 Å². The van der Waals surface area contributed by atoms with Gasteiger partial charge in [-0.05, 0) is 36.2 Å². The van der Waals surface area contributed by atoms with Crippen LogP contribution in [0.1, 0.15) is 17.2 Å². The van der Waals surface area contributed by atoms with Gasteiger partial charge in [-0.3, -0.25) is 11.3 Å². The standard InChI is InChI=1S/C14H15ClFN3O/c1-20-14-11(3-2-6-18-14)13(19-17)8-9-7-10(16)4-5-12(9)15/h2-7,13,19H,8,17H2,1H3. The first-order valence-corrected chi connectivity index (χ1v) is 6.42. The summed E-state index contributed by atoms with van der Waals surface area (Å²) in [6.45, 7) is 0. The number of methoxy groups -OCH3 is 1. The van der Waals surface area contributed by atoms with E-state index in [1.54, 1.807) is 12.3 Å².